The van der Waals surface area contributed by atoms with Crippen molar-refractivity contribution in [2.45, 2.75) is 32.7 Å². The minimum absolute atomic E-state index is 0.135. The Morgan fingerprint density at radius 2 is 1.87 bits per heavy atom. The molecular weight excluding hydrogens is 233 g/mol. The van der Waals surface area contributed by atoms with Gasteiger partial charge < -0.3 is 10.1 Å². The van der Waals surface area contributed by atoms with E-state index in [1.165, 1.54) is 0 Å². The van der Waals surface area contributed by atoms with Crippen molar-refractivity contribution < 1.29 is 4.74 Å². The molecule has 0 atom stereocenters. The normalized spacial score (nSPS) is 12.4. The number of hydrogen-bond donors (Lipinski definition) is 1. The average molecular weight is 256 g/mol. The van der Waals surface area contributed by atoms with Crippen molar-refractivity contribution in [1.82, 2.24) is 5.32 Å². The van der Waals surface area contributed by atoms with E-state index < -0.39 is 0 Å². The predicted octanol–water partition coefficient (Wildman–Crippen LogP) is 2.88. The SMILES string of the molecule is CCC(CCl)(CCl)NCCOCC(C)C. The van der Waals surface area contributed by atoms with E-state index in [1.54, 1.807) is 0 Å². The van der Waals surface area contributed by atoms with Gasteiger partial charge in [-0.3, -0.25) is 0 Å². The zero-order valence-corrected chi connectivity index (χ0v) is 11.5. The third-order valence-electron chi connectivity index (χ3n) is 2.39. The maximum absolute atomic E-state index is 5.90. The van der Waals surface area contributed by atoms with Crippen LogP contribution in [-0.4, -0.2) is 37.1 Å². The summed E-state index contributed by atoms with van der Waals surface area (Å²) in [6, 6.07) is 0. The van der Waals surface area contributed by atoms with Gasteiger partial charge in [-0.05, 0) is 12.3 Å². The lowest BCUT2D eigenvalue weighted by atomic mass is 10.0. The van der Waals surface area contributed by atoms with E-state index in [1.807, 2.05) is 0 Å². The summed E-state index contributed by atoms with van der Waals surface area (Å²) in [4.78, 5) is 0. The first-order chi connectivity index (χ1) is 7.10. The maximum atomic E-state index is 5.90. The molecule has 0 saturated heterocycles. The standard InChI is InChI=1S/C11H23Cl2NO/c1-4-11(8-12,9-13)14-5-6-15-7-10(2)3/h10,14H,4-9H2,1-3H3. The Balaban J connectivity index is 3.63. The number of hydrogen-bond acceptors (Lipinski definition) is 2. The Morgan fingerprint density at radius 1 is 1.27 bits per heavy atom. The summed E-state index contributed by atoms with van der Waals surface area (Å²) in [5.41, 5.74) is -0.135. The van der Waals surface area contributed by atoms with Crippen LogP contribution in [0.2, 0.25) is 0 Å². The molecule has 0 saturated carbocycles. The van der Waals surface area contributed by atoms with Crippen LogP contribution in [-0.2, 0) is 4.74 Å². The predicted molar refractivity (Wildman–Crippen MR) is 68.1 cm³/mol. The monoisotopic (exact) mass is 255 g/mol. The largest absolute Gasteiger partial charge is 0.380 e. The molecule has 2 nitrogen and oxygen atoms in total. The Bertz CT molecular complexity index is 141. The molecule has 4 heteroatoms. The summed E-state index contributed by atoms with van der Waals surface area (Å²) in [5, 5.41) is 3.37. The van der Waals surface area contributed by atoms with Crippen molar-refractivity contribution in [3.05, 3.63) is 0 Å². The highest BCUT2D eigenvalue weighted by atomic mass is 35.5. The second-order valence-corrected chi connectivity index (χ2v) is 4.83. The summed E-state index contributed by atoms with van der Waals surface area (Å²) in [6.07, 6.45) is 0.935. The van der Waals surface area contributed by atoms with Gasteiger partial charge in [0, 0.05) is 30.5 Å². The van der Waals surface area contributed by atoms with Crippen LogP contribution in [0.1, 0.15) is 27.2 Å². The third-order valence-corrected chi connectivity index (χ3v) is 3.41. The number of rotatable bonds is 9. The fraction of sp³-hybridized carbons (Fsp3) is 1.00. The van der Waals surface area contributed by atoms with Crippen LogP contribution >= 0.6 is 23.2 Å². The third kappa shape index (κ3) is 6.62. The van der Waals surface area contributed by atoms with E-state index in [0.29, 0.717) is 24.3 Å². The lowest BCUT2D eigenvalue weighted by molar-refractivity contribution is 0.107. The second-order valence-electron chi connectivity index (χ2n) is 4.30. The lowest BCUT2D eigenvalue weighted by Crippen LogP contribution is -2.49. The molecule has 0 spiro atoms. The zero-order valence-electron chi connectivity index (χ0n) is 9.98. The van der Waals surface area contributed by atoms with Crippen LogP contribution in [0.15, 0.2) is 0 Å². The first kappa shape index (κ1) is 15.5. The molecule has 0 amide bonds. The van der Waals surface area contributed by atoms with Gasteiger partial charge in [0.2, 0.25) is 0 Å². The van der Waals surface area contributed by atoms with E-state index in [9.17, 15) is 0 Å². The quantitative estimate of drug-likeness (QED) is 0.506. The van der Waals surface area contributed by atoms with Gasteiger partial charge in [-0.1, -0.05) is 20.8 Å². The van der Waals surface area contributed by atoms with Gasteiger partial charge in [-0.25, -0.2) is 0 Å². The number of alkyl halides is 2. The number of nitrogens with one attached hydrogen (secondary N) is 1. The Kier molecular flexibility index (Phi) is 8.92. The Labute approximate surface area is 104 Å². The fourth-order valence-corrected chi connectivity index (χ4v) is 2.00. The van der Waals surface area contributed by atoms with Gasteiger partial charge in [0.25, 0.3) is 0 Å². The summed E-state index contributed by atoms with van der Waals surface area (Å²) >= 11 is 11.8. The Hall–Kier alpha value is 0.500. The topological polar surface area (TPSA) is 21.3 Å². The molecule has 0 fully saturated rings. The Morgan fingerprint density at radius 3 is 2.27 bits per heavy atom. The van der Waals surface area contributed by atoms with Crippen LogP contribution in [0.3, 0.4) is 0 Å². The van der Waals surface area contributed by atoms with E-state index in [2.05, 4.69) is 26.1 Å². The van der Waals surface area contributed by atoms with Crippen LogP contribution < -0.4 is 5.32 Å². The summed E-state index contributed by atoms with van der Waals surface area (Å²) < 4.78 is 5.48. The van der Waals surface area contributed by atoms with Gasteiger partial charge in [0.1, 0.15) is 0 Å². The highest BCUT2D eigenvalue weighted by Gasteiger charge is 2.24. The molecule has 0 radical (unpaired) electrons. The lowest BCUT2D eigenvalue weighted by Gasteiger charge is -2.29. The smallest absolute Gasteiger partial charge is 0.0591 e. The van der Waals surface area contributed by atoms with Crippen molar-refractivity contribution >= 4 is 23.2 Å². The molecule has 0 aromatic heterocycles. The minimum atomic E-state index is -0.135. The molecule has 0 rings (SSSR count). The molecular formula is C11H23Cl2NO. The molecule has 0 aliphatic rings. The van der Waals surface area contributed by atoms with Crippen molar-refractivity contribution in [3.8, 4) is 0 Å². The fourth-order valence-electron chi connectivity index (χ4n) is 1.15. The maximum Gasteiger partial charge on any atom is 0.0591 e. The summed E-state index contributed by atoms with van der Waals surface area (Å²) in [5.74, 6) is 1.66. The molecule has 15 heavy (non-hydrogen) atoms. The number of ether oxygens (including phenoxy) is 1. The molecule has 0 aliphatic carbocycles. The molecule has 0 aromatic rings. The van der Waals surface area contributed by atoms with Gasteiger partial charge in [-0.2, -0.15) is 0 Å². The van der Waals surface area contributed by atoms with E-state index in [4.69, 9.17) is 27.9 Å². The van der Waals surface area contributed by atoms with Gasteiger partial charge in [0.05, 0.1) is 6.61 Å². The summed E-state index contributed by atoms with van der Waals surface area (Å²) in [7, 11) is 0. The molecule has 0 unspecified atom stereocenters. The van der Waals surface area contributed by atoms with Crippen LogP contribution in [0.4, 0.5) is 0 Å². The zero-order chi connectivity index (χ0) is 11.7. The molecule has 0 aliphatic heterocycles. The van der Waals surface area contributed by atoms with E-state index in [0.717, 1.165) is 19.6 Å². The minimum Gasteiger partial charge on any atom is -0.380 e. The first-order valence-electron chi connectivity index (χ1n) is 5.55. The highest BCUT2D eigenvalue weighted by molar-refractivity contribution is 6.22. The van der Waals surface area contributed by atoms with Gasteiger partial charge in [0.15, 0.2) is 0 Å². The van der Waals surface area contributed by atoms with Crippen LogP contribution in [0.5, 0.6) is 0 Å². The van der Waals surface area contributed by atoms with Crippen LogP contribution in [0, 0.1) is 5.92 Å². The summed E-state index contributed by atoms with van der Waals surface area (Å²) in [6.45, 7) is 8.70. The van der Waals surface area contributed by atoms with Crippen molar-refractivity contribution in [2.24, 2.45) is 5.92 Å². The molecule has 92 valence electrons. The van der Waals surface area contributed by atoms with Gasteiger partial charge >= 0.3 is 0 Å². The molecule has 1 N–H and O–H groups in total. The van der Waals surface area contributed by atoms with Crippen molar-refractivity contribution in [2.75, 3.05) is 31.5 Å². The molecule has 0 heterocycles. The molecule has 0 aromatic carbocycles. The molecule has 0 bridgehead atoms. The first-order valence-corrected chi connectivity index (χ1v) is 6.62. The van der Waals surface area contributed by atoms with Gasteiger partial charge in [-0.15, -0.1) is 23.2 Å². The van der Waals surface area contributed by atoms with Crippen LogP contribution in [0.25, 0.3) is 0 Å². The van der Waals surface area contributed by atoms with Crippen molar-refractivity contribution in [3.63, 3.8) is 0 Å². The van der Waals surface area contributed by atoms with Crippen molar-refractivity contribution in [1.29, 1.82) is 0 Å². The highest BCUT2D eigenvalue weighted by Crippen LogP contribution is 2.14. The second kappa shape index (κ2) is 8.63. The average Bonchev–Trinajstić information content (AvgIpc) is 2.24. The number of halogens is 2. The van der Waals surface area contributed by atoms with E-state index in [-0.39, 0.29) is 5.54 Å². The van der Waals surface area contributed by atoms with E-state index >= 15 is 0 Å².